The van der Waals surface area contributed by atoms with Gasteiger partial charge in [-0.15, -0.1) is 0 Å². The molecule has 3 rings (SSSR count). The Balaban J connectivity index is 2.09. The van der Waals surface area contributed by atoms with Crippen molar-refractivity contribution in [2.45, 2.75) is 25.7 Å². The third-order valence-electron chi connectivity index (χ3n) is 3.71. The number of H-pyrrole nitrogens is 1. The number of fused-ring (bicyclic) bond motifs is 1. The van der Waals surface area contributed by atoms with E-state index in [9.17, 15) is 4.79 Å². The van der Waals surface area contributed by atoms with Gasteiger partial charge in [-0.05, 0) is 18.9 Å². The van der Waals surface area contributed by atoms with Crippen molar-refractivity contribution in [3.05, 3.63) is 51.6 Å². The summed E-state index contributed by atoms with van der Waals surface area (Å²) in [6.07, 6.45) is 1.36. The van der Waals surface area contributed by atoms with Gasteiger partial charge in [0.15, 0.2) is 0 Å². The predicted octanol–water partition coefficient (Wildman–Crippen LogP) is 1.83. The third kappa shape index (κ3) is 2.05. The molecule has 0 radical (unpaired) electrons. The minimum absolute atomic E-state index is 0.0286. The van der Waals surface area contributed by atoms with Gasteiger partial charge in [0, 0.05) is 11.5 Å². The van der Waals surface area contributed by atoms with Crippen LogP contribution in [-0.2, 0) is 6.42 Å². The molecule has 0 bridgehead atoms. The summed E-state index contributed by atoms with van der Waals surface area (Å²) >= 11 is 0. The summed E-state index contributed by atoms with van der Waals surface area (Å²) in [6.45, 7) is 2.51. The summed E-state index contributed by atoms with van der Waals surface area (Å²) in [7, 11) is 0. The SMILES string of the molecule is CCc1c(N)nc(C2CCOc3ccccc32)[nH]c1=O. The van der Waals surface area contributed by atoms with Gasteiger partial charge in [0.05, 0.1) is 12.2 Å². The minimum Gasteiger partial charge on any atom is -0.493 e. The molecule has 0 aliphatic carbocycles. The molecule has 1 aromatic carbocycles. The topological polar surface area (TPSA) is 81.0 Å². The zero-order chi connectivity index (χ0) is 14.1. The van der Waals surface area contributed by atoms with Gasteiger partial charge >= 0.3 is 0 Å². The normalized spacial score (nSPS) is 17.4. The Bertz CT molecular complexity index is 694. The average molecular weight is 271 g/mol. The maximum atomic E-state index is 12.0. The number of hydrogen-bond acceptors (Lipinski definition) is 4. The molecule has 20 heavy (non-hydrogen) atoms. The first-order chi connectivity index (χ1) is 9.70. The number of nitrogens with zero attached hydrogens (tertiary/aromatic N) is 1. The molecular weight excluding hydrogens is 254 g/mol. The lowest BCUT2D eigenvalue weighted by atomic mass is 9.92. The second-order valence-electron chi connectivity index (χ2n) is 4.90. The lowest BCUT2D eigenvalue weighted by Gasteiger charge is -2.25. The molecule has 0 amide bonds. The number of para-hydroxylation sites is 1. The van der Waals surface area contributed by atoms with Gasteiger partial charge in [-0.1, -0.05) is 25.1 Å². The summed E-state index contributed by atoms with van der Waals surface area (Å²) in [5.41, 5.74) is 7.35. The van der Waals surface area contributed by atoms with E-state index in [1.165, 1.54) is 0 Å². The predicted molar refractivity (Wildman–Crippen MR) is 77.0 cm³/mol. The molecular formula is C15H17N3O2. The van der Waals surface area contributed by atoms with E-state index < -0.39 is 0 Å². The van der Waals surface area contributed by atoms with Crippen molar-refractivity contribution >= 4 is 5.82 Å². The van der Waals surface area contributed by atoms with Crippen LogP contribution in [0.3, 0.4) is 0 Å². The molecule has 5 nitrogen and oxygen atoms in total. The van der Waals surface area contributed by atoms with E-state index in [1.54, 1.807) is 0 Å². The number of rotatable bonds is 2. The summed E-state index contributed by atoms with van der Waals surface area (Å²) < 4.78 is 5.63. The van der Waals surface area contributed by atoms with Crippen LogP contribution in [0.1, 0.15) is 36.2 Å². The number of aromatic nitrogens is 2. The van der Waals surface area contributed by atoms with E-state index in [0.717, 1.165) is 17.7 Å². The Hall–Kier alpha value is -2.30. The highest BCUT2D eigenvalue weighted by Gasteiger charge is 2.25. The summed E-state index contributed by atoms with van der Waals surface area (Å²) in [4.78, 5) is 19.3. The summed E-state index contributed by atoms with van der Waals surface area (Å²) in [6, 6.07) is 7.83. The zero-order valence-corrected chi connectivity index (χ0v) is 11.3. The van der Waals surface area contributed by atoms with Crippen molar-refractivity contribution in [3.8, 4) is 5.75 Å². The Labute approximate surface area is 116 Å². The van der Waals surface area contributed by atoms with Gasteiger partial charge in [0.25, 0.3) is 5.56 Å². The standard InChI is InChI=1S/C15H17N3O2/c1-2-9-13(16)17-14(18-15(9)19)11-7-8-20-12-6-4-3-5-10(11)12/h3-6,11H,2,7-8H2,1H3,(H3,16,17,18,19). The van der Waals surface area contributed by atoms with E-state index in [0.29, 0.717) is 30.2 Å². The van der Waals surface area contributed by atoms with E-state index in [1.807, 2.05) is 31.2 Å². The van der Waals surface area contributed by atoms with E-state index in [4.69, 9.17) is 10.5 Å². The molecule has 1 aromatic heterocycles. The summed E-state index contributed by atoms with van der Waals surface area (Å²) in [5, 5.41) is 0. The smallest absolute Gasteiger partial charge is 0.256 e. The molecule has 0 saturated carbocycles. The van der Waals surface area contributed by atoms with Crippen LogP contribution in [0.5, 0.6) is 5.75 Å². The third-order valence-corrected chi connectivity index (χ3v) is 3.71. The van der Waals surface area contributed by atoms with Crippen LogP contribution >= 0.6 is 0 Å². The van der Waals surface area contributed by atoms with Crippen molar-refractivity contribution in [2.75, 3.05) is 12.3 Å². The Morgan fingerprint density at radius 1 is 1.45 bits per heavy atom. The Morgan fingerprint density at radius 2 is 2.25 bits per heavy atom. The van der Waals surface area contributed by atoms with Crippen molar-refractivity contribution in [2.24, 2.45) is 0 Å². The van der Waals surface area contributed by atoms with Crippen LogP contribution in [0.15, 0.2) is 29.1 Å². The number of nitrogens with two attached hydrogens (primary N) is 1. The average Bonchev–Trinajstić information content (AvgIpc) is 2.46. The molecule has 2 heterocycles. The molecule has 1 aliphatic heterocycles. The maximum Gasteiger partial charge on any atom is 0.256 e. The highest BCUT2D eigenvalue weighted by atomic mass is 16.5. The Morgan fingerprint density at radius 3 is 3.00 bits per heavy atom. The van der Waals surface area contributed by atoms with Crippen LogP contribution < -0.4 is 16.0 Å². The van der Waals surface area contributed by atoms with Gasteiger partial charge < -0.3 is 15.5 Å². The van der Waals surface area contributed by atoms with Gasteiger partial charge in [0.1, 0.15) is 17.4 Å². The number of hydrogen-bond donors (Lipinski definition) is 2. The van der Waals surface area contributed by atoms with Crippen LogP contribution in [-0.4, -0.2) is 16.6 Å². The van der Waals surface area contributed by atoms with E-state index in [2.05, 4.69) is 9.97 Å². The fourth-order valence-electron chi connectivity index (χ4n) is 2.67. The monoisotopic (exact) mass is 271 g/mol. The number of anilines is 1. The molecule has 0 saturated heterocycles. The second kappa shape index (κ2) is 5.00. The quantitative estimate of drug-likeness (QED) is 0.873. The lowest BCUT2D eigenvalue weighted by molar-refractivity contribution is 0.274. The number of nitrogens with one attached hydrogen (secondary N) is 1. The van der Waals surface area contributed by atoms with Crippen molar-refractivity contribution in [1.82, 2.24) is 9.97 Å². The van der Waals surface area contributed by atoms with Crippen LogP contribution in [0.2, 0.25) is 0 Å². The van der Waals surface area contributed by atoms with Gasteiger partial charge in [-0.25, -0.2) is 4.98 Å². The number of ether oxygens (including phenoxy) is 1. The van der Waals surface area contributed by atoms with Crippen LogP contribution in [0.4, 0.5) is 5.82 Å². The van der Waals surface area contributed by atoms with Crippen molar-refractivity contribution < 1.29 is 4.74 Å². The summed E-state index contributed by atoms with van der Waals surface area (Å²) in [5.74, 6) is 1.83. The molecule has 3 N–H and O–H groups in total. The largest absolute Gasteiger partial charge is 0.493 e. The van der Waals surface area contributed by atoms with Gasteiger partial charge in [-0.3, -0.25) is 4.79 Å². The molecule has 0 fully saturated rings. The first-order valence-corrected chi connectivity index (χ1v) is 6.81. The molecule has 2 aromatic rings. The van der Waals surface area contributed by atoms with Crippen LogP contribution in [0, 0.1) is 0 Å². The Kier molecular flexibility index (Phi) is 3.18. The lowest BCUT2D eigenvalue weighted by Crippen LogP contribution is -2.24. The highest BCUT2D eigenvalue weighted by Crippen LogP contribution is 2.36. The molecule has 1 aliphatic rings. The molecule has 1 atom stereocenters. The fourth-order valence-corrected chi connectivity index (χ4v) is 2.67. The number of aromatic amines is 1. The fraction of sp³-hybridized carbons (Fsp3) is 0.333. The highest BCUT2D eigenvalue weighted by molar-refractivity contribution is 5.43. The molecule has 104 valence electrons. The minimum atomic E-state index is -0.140. The number of benzene rings is 1. The zero-order valence-electron chi connectivity index (χ0n) is 11.3. The van der Waals surface area contributed by atoms with Gasteiger partial charge in [-0.2, -0.15) is 0 Å². The van der Waals surface area contributed by atoms with Gasteiger partial charge in [0.2, 0.25) is 0 Å². The molecule has 5 heteroatoms. The second-order valence-corrected chi connectivity index (χ2v) is 4.90. The number of nitrogen functional groups attached to an aromatic ring is 1. The first-order valence-electron chi connectivity index (χ1n) is 6.81. The molecule has 1 unspecified atom stereocenters. The first kappa shape index (κ1) is 12.7. The molecule has 0 spiro atoms. The van der Waals surface area contributed by atoms with E-state index in [-0.39, 0.29) is 11.5 Å². The maximum absolute atomic E-state index is 12.0. The van der Waals surface area contributed by atoms with Crippen LogP contribution in [0.25, 0.3) is 0 Å². The van der Waals surface area contributed by atoms with Crippen molar-refractivity contribution in [1.29, 1.82) is 0 Å². The van der Waals surface area contributed by atoms with E-state index >= 15 is 0 Å². The van der Waals surface area contributed by atoms with Crippen molar-refractivity contribution in [3.63, 3.8) is 0 Å².